The van der Waals surface area contributed by atoms with Crippen molar-refractivity contribution in [2.45, 2.75) is 13.8 Å². The predicted molar refractivity (Wildman–Crippen MR) is 129 cm³/mol. The smallest absolute Gasteiger partial charge is 0.162 e. The van der Waals surface area contributed by atoms with E-state index < -0.39 is 0 Å². The Morgan fingerprint density at radius 3 is 1.91 bits per heavy atom. The fourth-order valence-electron chi connectivity index (χ4n) is 4.00. The van der Waals surface area contributed by atoms with E-state index in [0.717, 1.165) is 56.0 Å². The summed E-state index contributed by atoms with van der Waals surface area (Å²) in [5.74, 6) is 4.33. The maximum absolute atomic E-state index is 5.98. The Labute approximate surface area is 193 Å². The minimum Gasteiger partial charge on any atom is -0.497 e. The third-order valence-corrected chi connectivity index (χ3v) is 5.60. The van der Waals surface area contributed by atoms with Gasteiger partial charge >= 0.3 is 0 Å². The van der Waals surface area contributed by atoms with Crippen LogP contribution in [0.25, 0.3) is 21.9 Å². The van der Waals surface area contributed by atoms with Crippen molar-refractivity contribution in [3.8, 4) is 34.1 Å². The molecule has 0 amide bonds. The molecular weight excluding hydrogens is 418 g/mol. The highest BCUT2D eigenvalue weighted by atomic mass is 16.5. The molecular formula is C27H27NO5. The average Bonchev–Trinajstić information content (AvgIpc) is 3.03. The van der Waals surface area contributed by atoms with Crippen molar-refractivity contribution in [2.75, 3.05) is 28.4 Å². The van der Waals surface area contributed by atoms with E-state index in [1.807, 2.05) is 68.4 Å². The summed E-state index contributed by atoms with van der Waals surface area (Å²) in [6.45, 7) is 3.88. The molecule has 0 aliphatic heterocycles. The quantitative estimate of drug-likeness (QED) is 0.365. The molecule has 1 heterocycles. The first kappa shape index (κ1) is 22.3. The Bertz CT molecular complexity index is 1370. The molecule has 0 aliphatic carbocycles. The van der Waals surface area contributed by atoms with Gasteiger partial charge in [-0.25, -0.2) is 4.99 Å². The number of furan rings is 1. The van der Waals surface area contributed by atoms with Gasteiger partial charge in [0.1, 0.15) is 23.0 Å². The second kappa shape index (κ2) is 9.28. The Morgan fingerprint density at radius 1 is 0.606 bits per heavy atom. The SMILES string of the molecule is COc1ccc(-c2cc(OC)c3c(C)oc(C)c3c(=Nc3ccc(OC)c(OC)c3)c2)cc1. The van der Waals surface area contributed by atoms with Gasteiger partial charge in [-0.3, -0.25) is 0 Å². The lowest BCUT2D eigenvalue weighted by molar-refractivity contribution is 0.355. The molecule has 0 N–H and O–H groups in total. The molecule has 0 bridgehead atoms. The number of ether oxygens (including phenoxy) is 4. The second-order valence-corrected chi connectivity index (χ2v) is 7.54. The van der Waals surface area contributed by atoms with Crippen LogP contribution >= 0.6 is 0 Å². The summed E-state index contributed by atoms with van der Waals surface area (Å²) < 4.78 is 27.9. The van der Waals surface area contributed by atoms with Gasteiger partial charge in [-0.05, 0) is 61.4 Å². The summed E-state index contributed by atoms with van der Waals surface area (Å²) in [6.07, 6.45) is 0. The average molecular weight is 446 g/mol. The van der Waals surface area contributed by atoms with Crippen LogP contribution in [-0.2, 0) is 0 Å². The lowest BCUT2D eigenvalue weighted by Crippen LogP contribution is -2.00. The first-order valence-electron chi connectivity index (χ1n) is 10.5. The second-order valence-electron chi connectivity index (χ2n) is 7.54. The number of benzene rings is 2. The number of nitrogens with zero attached hydrogens (tertiary/aromatic N) is 1. The third kappa shape index (κ3) is 4.24. The number of fused-ring (bicyclic) bond motifs is 1. The zero-order valence-electron chi connectivity index (χ0n) is 19.7. The molecule has 0 spiro atoms. The topological polar surface area (TPSA) is 62.4 Å². The van der Waals surface area contributed by atoms with Crippen LogP contribution in [0, 0.1) is 13.8 Å². The molecule has 33 heavy (non-hydrogen) atoms. The highest BCUT2D eigenvalue weighted by molar-refractivity contribution is 5.93. The third-order valence-electron chi connectivity index (χ3n) is 5.60. The van der Waals surface area contributed by atoms with E-state index in [2.05, 4.69) is 0 Å². The van der Waals surface area contributed by atoms with Crippen LogP contribution in [0.15, 0.2) is 64.0 Å². The molecule has 6 nitrogen and oxygen atoms in total. The van der Waals surface area contributed by atoms with Crippen molar-refractivity contribution < 1.29 is 23.4 Å². The van der Waals surface area contributed by atoms with E-state index in [9.17, 15) is 0 Å². The van der Waals surface area contributed by atoms with Crippen molar-refractivity contribution >= 4 is 16.5 Å². The Morgan fingerprint density at radius 2 is 1.27 bits per heavy atom. The molecule has 0 radical (unpaired) electrons. The van der Waals surface area contributed by atoms with Crippen LogP contribution in [-0.4, -0.2) is 28.4 Å². The lowest BCUT2D eigenvalue weighted by atomic mass is 10.1. The van der Waals surface area contributed by atoms with Gasteiger partial charge in [0.25, 0.3) is 0 Å². The summed E-state index contributed by atoms with van der Waals surface area (Å²) in [7, 11) is 6.54. The van der Waals surface area contributed by atoms with Gasteiger partial charge in [0.15, 0.2) is 11.5 Å². The summed E-state index contributed by atoms with van der Waals surface area (Å²) in [5.41, 5.74) is 2.71. The molecule has 0 saturated heterocycles. The highest BCUT2D eigenvalue weighted by Crippen LogP contribution is 2.35. The minimum absolute atomic E-state index is 0.614. The zero-order valence-corrected chi connectivity index (χ0v) is 19.7. The summed E-state index contributed by atoms with van der Waals surface area (Å²) in [5, 5.41) is 2.56. The van der Waals surface area contributed by atoms with Gasteiger partial charge in [0.05, 0.1) is 50.3 Å². The van der Waals surface area contributed by atoms with Gasteiger partial charge in [-0.15, -0.1) is 0 Å². The summed E-state index contributed by atoms with van der Waals surface area (Å²) >= 11 is 0. The van der Waals surface area contributed by atoms with Crippen LogP contribution < -0.4 is 24.3 Å². The van der Waals surface area contributed by atoms with E-state index in [-0.39, 0.29) is 0 Å². The van der Waals surface area contributed by atoms with Gasteiger partial charge in [0, 0.05) is 6.07 Å². The Kier molecular flexibility index (Phi) is 6.27. The lowest BCUT2D eigenvalue weighted by Gasteiger charge is -2.07. The molecule has 6 heteroatoms. The molecule has 0 aliphatic rings. The van der Waals surface area contributed by atoms with Gasteiger partial charge in [0.2, 0.25) is 0 Å². The number of methoxy groups -OCH3 is 4. The van der Waals surface area contributed by atoms with Gasteiger partial charge < -0.3 is 23.4 Å². The Balaban J connectivity index is 2.06. The Hall–Kier alpha value is -3.93. The van der Waals surface area contributed by atoms with Crippen molar-refractivity contribution in [2.24, 2.45) is 4.99 Å². The molecule has 0 atom stereocenters. The largest absolute Gasteiger partial charge is 0.497 e. The normalized spacial score (nSPS) is 11.5. The van der Waals surface area contributed by atoms with E-state index in [1.54, 1.807) is 28.4 Å². The highest BCUT2D eigenvalue weighted by Gasteiger charge is 2.15. The number of aryl methyl sites for hydroxylation is 2. The number of hydrogen-bond acceptors (Lipinski definition) is 6. The molecule has 3 aromatic carbocycles. The van der Waals surface area contributed by atoms with Crippen molar-refractivity contribution in [1.29, 1.82) is 0 Å². The van der Waals surface area contributed by atoms with E-state index >= 15 is 0 Å². The van der Waals surface area contributed by atoms with Crippen molar-refractivity contribution in [1.82, 2.24) is 0 Å². The standard InChI is InChI=1S/C27H27NO5/c1-16-26-22(28-20-9-12-23(30-4)24(15-20)31-5)13-19(18-7-10-21(29-3)11-8-18)14-25(32-6)27(26)17(2)33-16/h7-15H,1-6H3. The zero-order chi connectivity index (χ0) is 23.5. The number of rotatable bonds is 6. The summed E-state index contributed by atoms with van der Waals surface area (Å²) in [6, 6.07) is 17.6. The molecule has 4 rings (SSSR count). The molecule has 0 saturated carbocycles. The maximum atomic E-state index is 5.98. The first-order valence-corrected chi connectivity index (χ1v) is 10.5. The summed E-state index contributed by atoms with van der Waals surface area (Å²) in [4.78, 5) is 4.99. The van der Waals surface area contributed by atoms with Crippen LogP contribution in [0.3, 0.4) is 0 Å². The molecule has 0 unspecified atom stereocenters. The van der Waals surface area contributed by atoms with Crippen LogP contribution in [0.4, 0.5) is 5.69 Å². The van der Waals surface area contributed by atoms with E-state index in [4.69, 9.17) is 28.4 Å². The molecule has 170 valence electrons. The van der Waals surface area contributed by atoms with Crippen LogP contribution in [0.1, 0.15) is 11.5 Å². The predicted octanol–water partition coefficient (Wildman–Crippen LogP) is 5.98. The van der Waals surface area contributed by atoms with Gasteiger partial charge in [-0.2, -0.15) is 0 Å². The minimum atomic E-state index is 0.614. The van der Waals surface area contributed by atoms with Crippen LogP contribution in [0.5, 0.6) is 23.0 Å². The molecule has 0 fully saturated rings. The first-order chi connectivity index (χ1) is 16.0. The molecule has 1 aromatic heterocycles. The number of hydrogen-bond donors (Lipinski definition) is 0. The van der Waals surface area contributed by atoms with Crippen LogP contribution in [0.2, 0.25) is 0 Å². The van der Waals surface area contributed by atoms with Gasteiger partial charge in [-0.1, -0.05) is 12.1 Å². The fourth-order valence-corrected chi connectivity index (χ4v) is 4.00. The van der Waals surface area contributed by atoms with E-state index in [0.29, 0.717) is 11.5 Å². The van der Waals surface area contributed by atoms with Crippen molar-refractivity contribution in [3.05, 3.63) is 71.5 Å². The molecule has 4 aromatic rings. The van der Waals surface area contributed by atoms with Crippen molar-refractivity contribution in [3.63, 3.8) is 0 Å². The van der Waals surface area contributed by atoms with E-state index in [1.165, 1.54) is 0 Å². The monoisotopic (exact) mass is 445 g/mol. The maximum Gasteiger partial charge on any atom is 0.162 e. The fraction of sp³-hybridized carbons (Fsp3) is 0.222.